The number of fused-ring (bicyclic) bond motifs is 1. The number of aliphatic hydroxyl groups is 1. The van der Waals surface area contributed by atoms with Gasteiger partial charge in [0.05, 0.1) is 17.3 Å². The van der Waals surface area contributed by atoms with Gasteiger partial charge < -0.3 is 9.67 Å². The molecule has 7 nitrogen and oxygen atoms in total. The van der Waals surface area contributed by atoms with Crippen molar-refractivity contribution in [3.63, 3.8) is 0 Å². The van der Waals surface area contributed by atoms with Gasteiger partial charge in [-0.2, -0.15) is 18.3 Å². The molecule has 0 fully saturated rings. The van der Waals surface area contributed by atoms with Crippen molar-refractivity contribution in [1.29, 1.82) is 0 Å². The fraction of sp³-hybridized carbons (Fsp3) is 0.333. The number of aliphatic hydroxyl groups excluding tert-OH is 1. The van der Waals surface area contributed by atoms with Crippen LogP contribution >= 0.6 is 0 Å². The molecule has 2 N–H and O–H groups in total. The minimum atomic E-state index is -4.65. The Labute approximate surface area is 176 Å². The first-order valence-corrected chi connectivity index (χ1v) is 9.79. The Morgan fingerprint density at radius 2 is 2.00 bits per heavy atom. The molecule has 0 saturated carbocycles. The molecular weight excluding hydrogens is 409 g/mol. The van der Waals surface area contributed by atoms with Gasteiger partial charge in [-0.25, -0.2) is 4.98 Å². The second-order valence-corrected chi connectivity index (χ2v) is 7.45. The zero-order valence-electron chi connectivity index (χ0n) is 17.1. The summed E-state index contributed by atoms with van der Waals surface area (Å²) in [6.45, 7) is 3.40. The maximum absolute atomic E-state index is 13.4. The number of nitrogens with zero attached hydrogens (tertiary/aromatic N) is 5. The lowest BCUT2D eigenvalue weighted by molar-refractivity contribution is -0.141. The van der Waals surface area contributed by atoms with Crippen LogP contribution in [0, 0.1) is 0 Å². The highest BCUT2D eigenvalue weighted by Crippen LogP contribution is 2.37. The predicted octanol–water partition coefficient (Wildman–Crippen LogP) is 4.37. The third-order valence-corrected chi connectivity index (χ3v) is 5.30. The van der Waals surface area contributed by atoms with E-state index in [4.69, 9.17) is 0 Å². The fourth-order valence-electron chi connectivity index (χ4n) is 3.79. The van der Waals surface area contributed by atoms with Gasteiger partial charge in [-0.15, -0.1) is 10.2 Å². The predicted molar refractivity (Wildman–Crippen MR) is 108 cm³/mol. The number of H-pyrrole nitrogens is 1. The molecule has 0 aliphatic heterocycles. The van der Waals surface area contributed by atoms with Crippen LogP contribution in [-0.2, 0) is 13.2 Å². The molecule has 0 aliphatic carbocycles. The highest BCUT2D eigenvalue weighted by molar-refractivity contribution is 5.94. The lowest BCUT2D eigenvalue weighted by atomic mass is 9.93. The van der Waals surface area contributed by atoms with E-state index in [0.717, 1.165) is 23.9 Å². The molecule has 0 aliphatic rings. The summed E-state index contributed by atoms with van der Waals surface area (Å²) in [5.41, 5.74) is 1.09. The Morgan fingerprint density at radius 1 is 1.23 bits per heavy atom. The van der Waals surface area contributed by atoms with Crippen LogP contribution in [0.4, 0.5) is 13.2 Å². The lowest BCUT2D eigenvalue weighted by Gasteiger charge is -2.15. The number of nitrogens with one attached hydrogen (secondary N) is 1. The maximum Gasteiger partial charge on any atom is 0.433 e. The van der Waals surface area contributed by atoms with Crippen molar-refractivity contribution >= 4 is 10.9 Å². The van der Waals surface area contributed by atoms with Crippen LogP contribution < -0.4 is 0 Å². The van der Waals surface area contributed by atoms with E-state index in [1.807, 2.05) is 36.7 Å². The zero-order valence-corrected chi connectivity index (χ0v) is 17.1. The average molecular weight is 430 g/mol. The van der Waals surface area contributed by atoms with E-state index in [2.05, 4.69) is 25.4 Å². The van der Waals surface area contributed by atoms with Crippen molar-refractivity contribution in [3.8, 4) is 11.3 Å². The van der Waals surface area contributed by atoms with Crippen molar-refractivity contribution in [2.45, 2.75) is 38.5 Å². The van der Waals surface area contributed by atoms with Crippen LogP contribution in [0.5, 0.6) is 0 Å². The van der Waals surface area contributed by atoms with Crippen LogP contribution in [-0.4, -0.2) is 35.1 Å². The monoisotopic (exact) mass is 430 g/mol. The first-order chi connectivity index (χ1) is 14.7. The molecule has 2 atom stereocenters. The zero-order chi connectivity index (χ0) is 22.3. The second kappa shape index (κ2) is 7.77. The van der Waals surface area contributed by atoms with Gasteiger partial charge in [-0.1, -0.05) is 25.1 Å². The molecule has 0 radical (unpaired) electrons. The Morgan fingerprint density at radius 3 is 2.61 bits per heavy atom. The number of rotatable bonds is 5. The highest BCUT2D eigenvalue weighted by Gasteiger charge is 2.34. The number of hydrogen-bond acceptors (Lipinski definition) is 5. The van der Waals surface area contributed by atoms with E-state index in [1.165, 1.54) is 6.92 Å². The summed E-state index contributed by atoms with van der Waals surface area (Å²) in [5, 5.41) is 25.4. The third-order valence-electron chi connectivity index (χ3n) is 5.30. The smallest absolute Gasteiger partial charge is 0.387 e. The number of benzene rings is 1. The summed E-state index contributed by atoms with van der Waals surface area (Å²) < 4.78 is 42.1. The van der Waals surface area contributed by atoms with Crippen molar-refractivity contribution in [1.82, 2.24) is 29.9 Å². The lowest BCUT2D eigenvalue weighted by Crippen LogP contribution is -2.11. The number of aromatic nitrogens is 6. The fourth-order valence-corrected chi connectivity index (χ4v) is 3.79. The molecule has 0 amide bonds. The summed E-state index contributed by atoms with van der Waals surface area (Å²) >= 11 is 0. The number of hydrogen-bond donors (Lipinski definition) is 2. The van der Waals surface area contributed by atoms with Gasteiger partial charge in [0, 0.05) is 23.9 Å². The van der Waals surface area contributed by atoms with Gasteiger partial charge in [0.2, 0.25) is 0 Å². The number of pyridine rings is 1. The summed E-state index contributed by atoms with van der Waals surface area (Å²) in [4.78, 5) is 3.62. The summed E-state index contributed by atoms with van der Waals surface area (Å²) in [6, 6.07) is 8.44. The van der Waals surface area contributed by atoms with E-state index in [9.17, 15) is 18.3 Å². The molecule has 2 unspecified atom stereocenters. The van der Waals surface area contributed by atoms with Gasteiger partial charge in [-0.05, 0) is 31.0 Å². The number of alkyl halides is 3. The standard InChI is InChI=1S/C21H21F3N6O/c1-4-14(20-29-25-10-30(20)3)12-6-5-7-13(8-12)18-15-9-16(21(22,23)24)26-17(11(2)31)19(15)28-27-18/h5-11,14,31H,4H2,1-3H3,(H,27,28). The van der Waals surface area contributed by atoms with Gasteiger partial charge in [0.1, 0.15) is 23.5 Å². The van der Waals surface area contributed by atoms with Crippen LogP contribution in [0.3, 0.4) is 0 Å². The molecule has 3 aromatic heterocycles. The second-order valence-electron chi connectivity index (χ2n) is 7.45. The van der Waals surface area contributed by atoms with E-state index >= 15 is 0 Å². The van der Waals surface area contributed by atoms with Gasteiger partial charge in [0.25, 0.3) is 0 Å². The largest absolute Gasteiger partial charge is 0.433 e. The highest BCUT2D eigenvalue weighted by atomic mass is 19.4. The maximum atomic E-state index is 13.4. The number of aryl methyl sites for hydroxylation is 1. The molecule has 0 spiro atoms. The third kappa shape index (κ3) is 3.78. The molecule has 10 heteroatoms. The first kappa shape index (κ1) is 21.0. The molecule has 3 heterocycles. The summed E-state index contributed by atoms with van der Waals surface area (Å²) in [7, 11) is 1.87. The quantitative estimate of drug-likeness (QED) is 0.491. The van der Waals surface area contributed by atoms with Gasteiger partial charge in [0.15, 0.2) is 0 Å². The van der Waals surface area contributed by atoms with Gasteiger partial charge >= 0.3 is 6.18 Å². The van der Waals surface area contributed by atoms with Crippen LogP contribution in [0.1, 0.15) is 55.1 Å². The number of aromatic amines is 1. The molecule has 31 heavy (non-hydrogen) atoms. The molecule has 0 bridgehead atoms. The van der Waals surface area contributed by atoms with Crippen LogP contribution in [0.25, 0.3) is 22.2 Å². The molecule has 162 valence electrons. The van der Waals surface area contributed by atoms with E-state index in [-0.39, 0.29) is 22.5 Å². The van der Waals surface area contributed by atoms with Crippen molar-refractivity contribution in [3.05, 3.63) is 59.4 Å². The Hall–Kier alpha value is -3.27. The van der Waals surface area contributed by atoms with E-state index in [0.29, 0.717) is 11.3 Å². The van der Waals surface area contributed by atoms with E-state index in [1.54, 1.807) is 12.4 Å². The summed E-state index contributed by atoms with van der Waals surface area (Å²) in [6.07, 6.45) is -3.44. The number of halogens is 3. The molecule has 4 aromatic rings. The SMILES string of the molecule is CCC(c1cccc(-c2n[nH]c3c(C(C)O)nc(C(F)(F)F)cc23)c1)c1nncn1C. The van der Waals surface area contributed by atoms with E-state index < -0.39 is 18.0 Å². The van der Waals surface area contributed by atoms with Crippen molar-refractivity contribution in [2.24, 2.45) is 7.05 Å². The molecule has 0 saturated heterocycles. The Balaban J connectivity index is 1.87. The van der Waals surface area contributed by atoms with Crippen molar-refractivity contribution < 1.29 is 18.3 Å². The van der Waals surface area contributed by atoms with Crippen LogP contribution in [0.2, 0.25) is 0 Å². The van der Waals surface area contributed by atoms with Gasteiger partial charge in [-0.3, -0.25) is 5.10 Å². The minimum absolute atomic E-state index is 0.0296. The topological polar surface area (TPSA) is 92.5 Å². The Kier molecular flexibility index (Phi) is 5.26. The minimum Gasteiger partial charge on any atom is -0.387 e. The Bertz CT molecular complexity index is 1230. The van der Waals surface area contributed by atoms with Crippen LogP contribution in [0.15, 0.2) is 36.7 Å². The molecular formula is C21H21F3N6O. The van der Waals surface area contributed by atoms with Crippen molar-refractivity contribution in [2.75, 3.05) is 0 Å². The molecule has 1 aromatic carbocycles. The first-order valence-electron chi connectivity index (χ1n) is 9.79. The molecule has 4 rings (SSSR count). The average Bonchev–Trinajstić information content (AvgIpc) is 3.34. The normalized spacial score (nSPS) is 14.2. The summed E-state index contributed by atoms with van der Waals surface area (Å²) in [5.74, 6) is 0.768.